The summed E-state index contributed by atoms with van der Waals surface area (Å²) in [6, 6.07) is 18.8. The summed E-state index contributed by atoms with van der Waals surface area (Å²) in [4.78, 5) is 17.6. The lowest BCUT2D eigenvalue weighted by molar-refractivity contribution is 0.102. The number of methoxy groups -OCH3 is 1. The molecule has 1 amide bonds. The minimum Gasteiger partial charge on any atom is -0.497 e. The van der Waals surface area contributed by atoms with Gasteiger partial charge in [0.2, 0.25) is 0 Å². The molecule has 0 spiro atoms. The fourth-order valence-electron chi connectivity index (χ4n) is 2.97. The Hall–Kier alpha value is -3.30. The zero-order chi connectivity index (χ0) is 20.1. The second-order valence-electron chi connectivity index (χ2n) is 5.99. The molecule has 1 aromatic heterocycles. The summed E-state index contributed by atoms with van der Waals surface area (Å²) in [6.45, 7) is 1.79. The molecule has 0 radical (unpaired) electrons. The van der Waals surface area contributed by atoms with Gasteiger partial charge in [0.15, 0.2) is 0 Å². The summed E-state index contributed by atoms with van der Waals surface area (Å²) in [5.41, 5.74) is 3.37. The van der Waals surface area contributed by atoms with Gasteiger partial charge in [-0.2, -0.15) is 5.26 Å². The topological polar surface area (TPSA) is 75.0 Å². The standard InChI is InChI=1S/C22H19N3O2S/c1-14-19(21(26)25-16-7-5-4-6-8-16)20(18(13-23)22(24-14)28-3)15-9-11-17(27-2)12-10-15/h4-12H,1-3H3,(H,25,26). The molecule has 1 heterocycles. The summed E-state index contributed by atoms with van der Waals surface area (Å²) >= 11 is 1.39. The maximum atomic E-state index is 13.1. The molecule has 0 atom stereocenters. The number of amides is 1. The highest BCUT2D eigenvalue weighted by Gasteiger charge is 2.24. The van der Waals surface area contributed by atoms with Crippen molar-refractivity contribution in [3.05, 3.63) is 71.4 Å². The first-order valence-electron chi connectivity index (χ1n) is 8.58. The van der Waals surface area contributed by atoms with Gasteiger partial charge in [-0.25, -0.2) is 4.98 Å². The third-order valence-corrected chi connectivity index (χ3v) is 4.97. The molecule has 0 aliphatic rings. The van der Waals surface area contributed by atoms with Crippen molar-refractivity contribution in [3.63, 3.8) is 0 Å². The predicted molar refractivity (Wildman–Crippen MR) is 112 cm³/mol. The minimum atomic E-state index is -0.300. The minimum absolute atomic E-state index is 0.300. The van der Waals surface area contributed by atoms with Crippen molar-refractivity contribution < 1.29 is 9.53 Å². The molecule has 0 saturated heterocycles. The van der Waals surface area contributed by atoms with Crippen LogP contribution < -0.4 is 10.1 Å². The molecule has 3 aromatic rings. The SMILES string of the molecule is COc1ccc(-c2c(C#N)c(SC)nc(C)c2C(=O)Nc2ccccc2)cc1. The summed E-state index contributed by atoms with van der Waals surface area (Å²) in [5.74, 6) is 0.402. The van der Waals surface area contributed by atoms with Crippen molar-refractivity contribution in [3.8, 4) is 22.9 Å². The molecule has 0 fully saturated rings. The van der Waals surface area contributed by atoms with Gasteiger partial charge in [0.1, 0.15) is 16.8 Å². The largest absolute Gasteiger partial charge is 0.497 e. The molecule has 6 heteroatoms. The molecule has 0 saturated carbocycles. The molecule has 0 aliphatic heterocycles. The van der Waals surface area contributed by atoms with Crippen LogP contribution in [0.15, 0.2) is 59.6 Å². The van der Waals surface area contributed by atoms with E-state index in [2.05, 4.69) is 16.4 Å². The number of para-hydroxylation sites is 1. The number of carbonyl (C=O) groups excluding carboxylic acids is 1. The molecule has 2 aromatic carbocycles. The van der Waals surface area contributed by atoms with E-state index in [-0.39, 0.29) is 5.91 Å². The molecular weight excluding hydrogens is 370 g/mol. The van der Waals surface area contributed by atoms with E-state index in [1.54, 1.807) is 14.0 Å². The normalized spacial score (nSPS) is 10.2. The smallest absolute Gasteiger partial charge is 0.258 e. The number of rotatable bonds is 5. The number of carbonyl (C=O) groups is 1. The Morgan fingerprint density at radius 2 is 1.82 bits per heavy atom. The van der Waals surface area contributed by atoms with E-state index < -0.39 is 0 Å². The number of nitrogens with zero attached hydrogens (tertiary/aromatic N) is 2. The third kappa shape index (κ3) is 3.85. The fraction of sp³-hybridized carbons (Fsp3) is 0.136. The number of aromatic nitrogens is 1. The van der Waals surface area contributed by atoms with Gasteiger partial charge >= 0.3 is 0 Å². The fourth-order valence-corrected chi connectivity index (χ4v) is 3.55. The zero-order valence-electron chi connectivity index (χ0n) is 15.8. The van der Waals surface area contributed by atoms with Gasteiger partial charge in [-0.15, -0.1) is 11.8 Å². The highest BCUT2D eigenvalue weighted by atomic mass is 32.2. The molecule has 0 bridgehead atoms. The summed E-state index contributed by atoms with van der Waals surface area (Å²) < 4.78 is 5.23. The van der Waals surface area contributed by atoms with Crippen LogP contribution in [0.4, 0.5) is 5.69 Å². The van der Waals surface area contributed by atoms with Crippen LogP contribution in [0.3, 0.4) is 0 Å². The summed E-state index contributed by atoms with van der Waals surface area (Å²) in [6.07, 6.45) is 1.87. The quantitative estimate of drug-likeness (QED) is 0.628. The van der Waals surface area contributed by atoms with E-state index in [1.165, 1.54) is 11.8 Å². The van der Waals surface area contributed by atoms with E-state index in [1.807, 2.05) is 60.9 Å². The van der Waals surface area contributed by atoms with Crippen LogP contribution in [-0.2, 0) is 0 Å². The van der Waals surface area contributed by atoms with E-state index in [4.69, 9.17) is 4.74 Å². The summed E-state index contributed by atoms with van der Waals surface area (Å²) in [7, 11) is 1.59. The highest BCUT2D eigenvalue weighted by Crippen LogP contribution is 2.35. The van der Waals surface area contributed by atoms with E-state index in [9.17, 15) is 10.1 Å². The molecule has 0 aliphatic carbocycles. The van der Waals surface area contributed by atoms with Gasteiger partial charge in [-0.3, -0.25) is 4.79 Å². The molecule has 0 unspecified atom stereocenters. The molecular formula is C22H19N3O2S. The number of thioether (sulfide) groups is 1. The van der Waals surface area contributed by atoms with Crippen LogP contribution in [-0.4, -0.2) is 24.3 Å². The second kappa shape index (κ2) is 8.59. The van der Waals surface area contributed by atoms with Gasteiger partial charge in [-0.1, -0.05) is 30.3 Å². The maximum absolute atomic E-state index is 13.1. The van der Waals surface area contributed by atoms with E-state index >= 15 is 0 Å². The van der Waals surface area contributed by atoms with Crippen LogP contribution in [0.2, 0.25) is 0 Å². The number of nitriles is 1. The first kappa shape index (κ1) is 19.5. The van der Waals surface area contributed by atoms with E-state index in [0.29, 0.717) is 38.8 Å². The van der Waals surface area contributed by atoms with Gasteiger partial charge in [-0.05, 0) is 43.0 Å². The molecule has 1 N–H and O–H groups in total. The number of aryl methyl sites for hydroxylation is 1. The Bertz CT molecular complexity index is 1040. The van der Waals surface area contributed by atoms with Crippen molar-refractivity contribution in [2.45, 2.75) is 11.9 Å². The number of nitrogens with one attached hydrogen (secondary N) is 1. The first-order chi connectivity index (χ1) is 13.6. The Morgan fingerprint density at radius 1 is 1.14 bits per heavy atom. The summed E-state index contributed by atoms with van der Waals surface area (Å²) in [5, 5.41) is 13.3. The van der Waals surface area contributed by atoms with Crippen molar-refractivity contribution in [2.75, 3.05) is 18.7 Å². The maximum Gasteiger partial charge on any atom is 0.258 e. The van der Waals surface area contributed by atoms with Crippen LogP contribution in [0.25, 0.3) is 11.1 Å². The van der Waals surface area contributed by atoms with Gasteiger partial charge in [0.25, 0.3) is 5.91 Å². The number of pyridine rings is 1. The van der Waals surface area contributed by atoms with Gasteiger partial charge < -0.3 is 10.1 Å². The number of ether oxygens (including phenoxy) is 1. The van der Waals surface area contributed by atoms with Crippen molar-refractivity contribution in [2.24, 2.45) is 0 Å². The molecule has 28 heavy (non-hydrogen) atoms. The first-order valence-corrected chi connectivity index (χ1v) is 9.81. The number of benzene rings is 2. The highest BCUT2D eigenvalue weighted by molar-refractivity contribution is 7.98. The van der Waals surface area contributed by atoms with E-state index in [0.717, 1.165) is 5.56 Å². The molecule has 140 valence electrons. The second-order valence-corrected chi connectivity index (χ2v) is 6.79. The van der Waals surface area contributed by atoms with Crippen molar-refractivity contribution in [1.82, 2.24) is 4.98 Å². The average molecular weight is 389 g/mol. The van der Waals surface area contributed by atoms with Gasteiger partial charge in [0.05, 0.1) is 23.9 Å². The lowest BCUT2D eigenvalue weighted by atomic mass is 9.94. The predicted octanol–water partition coefficient (Wildman–Crippen LogP) is 4.91. The lowest BCUT2D eigenvalue weighted by Gasteiger charge is -2.16. The average Bonchev–Trinajstić information content (AvgIpc) is 2.73. The van der Waals surface area contributed by atoms with Crippen molar-refractivity contribution in [1.29, 1.82) is 5.26 Å². The zero-order valence-corrected chi connectivity index (χ0v) is 16.6. The third-order valence-electron chi connectivity index (χ3n) is 4.29. The van der Waals surface area contributed by atoms with Gasteiger partial charge in [0, 0.05) is 11.3 Å². The lowest BCUT2D eigenvalue weighted by Crippen LogP contribution is -2.17. The Balaban J connectivity index is 2.20. The molecule has 5 nitrogen and oxygen atoms in total. The van der Waals surface area contributed by atoms with Crippen LogP contribution in [0.1, 0.15) is 21.6 Å². The number of hydrogen-bond donors (Lipinski definition) is 1. The Kier molecular flexibility index (Phi) is 5.97. The molecule has 3 rings (SSSR count). The van der Waals surface area contributed by atoms with Crippen molar-refractivity contribution >= 4 is 23.4 Å². The van der Waals surface area contributed by atoms with Crippen LogP contribution >= 0.6 is 11.8 Å². The van der Waals surface area contributed by atoms with Crippen LogP contribution in [0, 0.1) is 18.3 Å². The number of anilines is 1. The Labute approximate surface area is 168 Å². The monoisotopic (exact) mass is 389 g/mol. The number of hydrogen-bond acceptors (Lipinski definition) is 5. The van der Waals surface area contributed by atoms with Crippen LogP contribution in [0.5, 0.6) is 5.75 Å². The Morgan fingerprint density at radius 3 is 2.39 bits per heavy atom.